The van der Waals surface area contributed by atoms with E-state index in [1.54, 1.807) is 18.2 Å². The summed E-state index contributed by atoms with van der Waals surface area (Å²) in [4.78, 5) is 14.1. The van der Waals surface area contributed by atoms with Crippen LogP contribution in [0.3, 0.4) is 0 Å². The van der Waals surface area contributed by atoms with E-state index in [2.05, 4.69) is 59.7 Å². The Hall–Kier alpha value is -3.47. The lowest BCUT2D eigenvalue weighted by Gasteiger charge is -2.25. The lowest BCUT2D eigenvalue weighted by atomic mass is 9.84. The topological polar surface area (TPSA) is 61.8 Å². The quantitative estimate of drug-likeness (QED) is 0.351. The minimum absolute atomic E-state index is 0.199. The van der Waals surface area contributed by atoms with E-state index in [-0.39, 0.29) is 5.56 Å². The molecule has 3 aromatic rings. The van der Waals surface area contributed by atoms with Gasteiger partial charge in [-0.15, -0.1) is 0 Å². The van der Waals surface area contributed by atoms with Gasteiger partial charge < -0.3 is 20.1 Å². The molecule has 35 heavy (non-hydrogen) atoms. The van der Waals surface area contributed by atoms with Crippen LogP contribution in [0.4, 0.5) is 22.7 Å². The molecule has 2 fully saturated rings. The highest BCUT2D eigenvalue weighted by Crippen LogP contribution is 2.46. The molecule has 0 unspecified atom stereocenters. The van der Waals surface area contributed by atoms with Gasteiger partial charge in [-0.3, -0.25) is 0 Å². The smallest absolute Gasteiger partial charge is 0.337 e. The summed E-state index contributed by atoms with van der Waals surface area (Å²) >= 11 is 0. The number of aromatic carboxylic acids is 1. The van der Waals surface area contributed by atoms with Crippen LogP contribution < -0.4 is 15.0 Å². The van der Waals surface area contributed by atoms with Crippen molar-refractivity contribution in [3.05, 3.63) is 77.4 Å². The number of ether oxygens (including phenoxy) is 1. The molecule has 0 aliphatic heterocycles. The number of methoxy groups -OCH3 is 1. The summed E-state index contributed by atoms with van der Waals surface area (Å²) in [6.07, 6.45) is 9.01. The Labute approximate surface area is 207 Å². The monoisotopic (exact) mass is 470 g/mol. The molecule has 2 N–H and O–H groups in total. The molecule has 0 atom stereocenters. The number of rotatable bonds is 8. The number of nitrogens with one attached hydrogen (secondary N) is 1. The molecule has 0 heterocycles. The molecule has 5 rings (SSSR count). The summed E-state index contributed by atoms with van der Waals surface area (Å²) in [6, 6.07) is 20.6. The predicted octanol–water partition coefficient (Wildman–Crippen LogP) is 7.83. The van der Waals surface area contributed by atoms with Crippen molar-refractivity contribution in [3.8, 4) is 5.75 Å². The molecule has 182 valence electrons. The van der Waals surface area contributed by atoms with Crippen molar-refractivity contribution in [2.24, 2.45) is 0 Å². The molecule has 5 nitrogen and oxygen atoms in total. The minimum atomic E-state index is -0.979. The average Bonchev–Trinajstić information content (AvgIpc) is 3.75. The lowest BCUT2D eigenvalue weighted by molar-refractivity contribution is 0.0697. The zero-order valence-corrected chi connectivity index (χ0v) is 20.6. The summed E-state index contributed by atoms with van der Waals surface area (Å²) in [5, 5.41) is 13.1. The van der Waals surface area contributed by atoms with E-state index in [4.69, 9.17) is 4.74 Å². The summed E-state index contributed by atoms with van der Waals surface area (Å²) in [5.74, 6) is 0.767. The van der Waals surface area contributed by atoms with Crippen molar-refractivity contribution in [1.29, 1.82) is 0 Å². The van der Waals surface area contributed by atoms with Gasteiger partial charge in [0, 0.05) is 24.1 Å². The maximum atomic E-state index is 11.8. The fourth-order valence-corrected chi connectivity index (χ4v) is 5.24. The first-order valence-corrected chi connectivity index (χ1v) is 12.7. The molecule has 0 radical (unpaired) electrons. The molecule has 0 spiro atoms. The van der Waals surface area contributed by atoms with E-state index in [9.17, 15) is 9.90 Å². The van der Waals surface area contributed by atoms with Gasteiger partial charge in [0.2, 0.25) is 0 Å². The molecule has 0 saturated heterocycles. The van der Waals surface area contributed by atoms with Crippen molar-refractivity contribution < 1.29 is 14.6 Å². The summed E-state index contributed by atoms with van der Waals surface area (Å²) < 4.78 is 5.21. The third-order valence-electron chi connectivity index (χ3n) is 7.52. The molecule has 0 amide bonds. The average molecular weight is 471 g/mol. The predicted molar refractivity (Wildman–Crippen MR) is 142 cm³/mol. The SMILES string of the molecule is COc1ccc(Nc2ccc(N(C)c3ccc(C4CCCCC4)cc3)cc2C2CC2)c(C(=O)O)c1. The van der Waals surface area contributed by atoms with E-state index in [1.165, 1.54) is 56.0 Å². The zero-order valence-electron chi connectivity index (χ0n) is 20.6. The number of hydrogen-bond donors (Lipinski definition) is 2. The number of carboxylic acids is 1. The fourth-order valence-electron chi connectivity index (χ4n) is 5.24. The van der Waals surface area contributed by atoms with Crippen LogP contribution in [0.5, 0.6) is 5.75 Å². The largest absolute Gasteiger partial charge is 0.497 e. The number of benzene rings is 3. The van der Waals surface area contributed by atoms with E-state index < -0.39 is 5.97 Å². The van der Waals surface area contributed by atoms with Gasteiger partial charge in [0.25, 0.3) is 0 Å². The first-order valence-electron chi connectivity index (χ1n) is 12.7. The van der Waals surface area contributed by atoms with Gasteiger partial charge in [-0.25, -0.2) is 4.79 Å². The van der Waals surface area contributed by atoms with E-state index in [1.807, 2.05) is 0 Å². The Morgan fingerprint density at radius 2 is 1.54 bits per heavy atom. The van der Waals surface area contributed by atoms with E-state index in [0.717, 1.165) is 24.2 Å². The Morgan fingerprint density at radius 3 is 2.20 bits per heavy atom. The number of nitrogens with zero attached hydrogens (tertiary/aromatic N) is 1. The Bertz CT molecular complexity index is 1190. The zero-order chi connectivity index (χ0) is 24.4. The third kappa shape index (κ3) is 5.14. The fraction of sp³-hybridized carbons (Fsp3) is 0.367. The van der Waals surface area contributed by atoms with Gasteiger partial charge in [0.1, 0.15) is 5.75 Å². The molecule has 2 aliphatic carbocycles. The molecule has 3 aromatic carbocycles. The summed E-state index contributed by atoms with van der Waals surface area (Å²) in [7, 11) is 3.65. The number of hydrogen-bond acceptors (Lipinski definition) is 4. The van der Waals surface area contributed by atoms with Gasteiger partial charge in [-0.05, 0) is 97.2 Å². The first kappa shape index (κ1) is 23.3. The molecule has 2 saturated carbocycles. The van der Waals surface area contributed by atoms with Crippen molar-refractivity contribution in [2.75, 3.05) is 24.4 Å². The van der Waals surface area contributed by atoms with Gasteiger partial charge in [-0.1, -0.05) is 31.4 Å². The van der Waals surface area contributed by atoms with Crippen LogP contribution >= 0.6 is 0 Å². The number of carboxylic acid groups (broad SMARTS) is 1. The van der Waals surface area contributed by atoms with Gasteiger partial charge in [-0.2, -0.15) is 0 Å². The highest BCUT2D eigenvalue weighted by molar-refractivity contribution is 5.96. The van der Waals surface area contributed by atoms with E-state index >= 15 is 0 Å². The van der Waals surface area contributed by atoms with Crippen LogP contribution in [0.15, 0.2) is 60.7 Å². The van der Waals surface area contributed by atoms with Crippen LogP contribution in [0, 0.1) is 0 Å². The van der Waals surface area contributed by atoms with Crippen LogP contribution in [-0.2, 0) is 0 Å². The van der Waals surface area contributed by atoms with Crippen LogP contribution in [0.25, 0.3) is 0 Å². The molecule has 0 aromatic heterocycles. The lowest BCUT2D eigenvalue weighted by Crippen LogP contribution is -2.11. The standard InChI is InChI=1S/C30H34N2O3/c1-32(23-12-10-21(11-13-23)20-6-4-3-5-7-20)24-14-16-28(26(18-24)22-8-9-22)31-29-17-15-25(35-2)19-27(29)30(33)34/h10-20,22,31H,3-9H2,1-2H3,(H,33,34). The minimum Gasteiger partial charge on any atom is -0.497 e. The van der Waals surface area contributed by atoms with E-state index in [0.29, 0.717) is 23.3 Å². The molecule has 0 bridgehead atoms. The molecular weight excluding hydrogens is 436 g/mol. The van der Waals surface area contributed by atoms with Gasteiger partial charge in [0.05, 0.1) is 18.4 Å². The number of anilines is 4. The highest BCUT2D eigenvalue weighted by atomic mass is 16.5. The highest BCUT2D eigenvalue weighted by Gasteiger charge is 2.27. The second kappa shape index (κ2) is 10.0. The van der Waals surface area contributed by atoms with Crippen LogP contribution in [0.1, 0.15) is 78.3 Å². The maximum Gasteiger partial charge on any atom is 0.337 e. The molecule has 2 aliphatic rings. The first-order chi connectivity index (χ1) is 17.0. The Kier molecular flexibility index (Phi) is 6.67. The molecule has 5 heteroatoms. The second-order valence-electron chi connectivity index (χ2n) is 9.87. The molecular formula is C30H34N2O3. The second-order valence-corrected chi connectivity index (χ2v) is 9.87. The van der Waals surface area contributed by atoms with Crippen molar-refractivity contribution in [3.63, 3.8) is 0 Å². The van der Waals surface area contributed by atoms with Crippen molar-refractivity contribution in [2.45, 2.75) is 56.8 Å². The van der Waals surface area contributed by atoms with Crippen LogP contribution in [0.2, 0.25) is 0 Å². The number of carbonyl (C=O) groups is 1. The third-order valence-corrected chi connectivity index (χ3v) is 7.52. The summed E-state index contributed by atoms with van der Waals surface area (Å²) in [5.41, 5.74) is 6.75. The van der Waals surface area contributed by atoms with Crippen molar-refractivity contribution >= 4 is 28.7 Å². The van der Waals surface area contributed by atoms with Crippen LogP contribution in [-0.4, -0.2) is 25.2 Å². The summed E-state index contributed by atoms with van der Waals surface area (Å²) in [6.45, 7) is 0. The van der Waals surface area contributed by atoms with Gasteiger partial charge in [0.15, 0.2) is 0 Å². The Morgan fingerprint density at radius 1 is 0.857 bits per heavy atom. The van der Waals surface area contributed by atoms with Crippen molar-refractivity contribution in [1.82, 2.24) is 0 Å². The normalized spacial score (nSPS) is 16.1. The maximum absolute atomic E-state index is 11.8. The Balaban J connectivity index is 1.39. The van der Waals surface area contributed by atoms with Gasteiger partial charge >= 0.3 is 5.97 Å².